The molecule has 1 fully saturated rings. The zero-order chi connectivity index (χ0) is 14.5. The van der Waals surface area contributed by atoms with E-state index in [0.717, 1.165) is 16.6 Å². The van der Waals surface area contributed by atoms with E-state index in [2.05, 4.69) is 21.2 Å². The summed E-state index contributed by atoms with van der Waals surface area (Å²) < 4.78 is 6.40. The van der Waals surface area contributed by atoms with E-state index in [4.69, 9.17) is 10.5 Å². The van der Waals surface area contributed by atoms with Crippen LogP contribution in [0.25, 0.3) is 0 Å². The average molecular weight is 342 g/mol. The SMILES string of the molecule is CCCNC(=O)C1COCCN1c1cc(Br)ccc1N. The Morgan fingerprint density at radius 2 is 2.40 bits per heavy atom. The van der Waals surface area contributed by atoms with Crippen LogP contribution in [0, 0.1) is 0 Å². The molecule has 1 saturated heterocycles. The maximum atomic E-state index is 12.3. The predicted octanol–water partition coefficient (Wildman–Crippen LogP) is 1.76. The van der Waals surface area contributed by atoms with E-state index in [-0.39, 0.29) is 11.9 Å². The monoisotopic (exact) mass is 341 g/mol. The summed E-state index contributed by atoms with van der Waals surface area (Å²) in [5, 5.41) is 2.92. The molecule has 1 heterocycles. The van der Waals surface area contributed by atoms with Gasteiger partial charge in [0.05, 0.1) is 24.6 Å². The Balaban J connectivity index is 2.22. The van der Waals surface area contributed by atoms with Crippen molar-refractivity contribution >= 4 is 33.2 Å². The van der Waals surface area contributed by atoms with Gasteiger partial charge in [-0.1, -0.05) is 22.9 Å². The number of amides is 1. The zero-order valence-corrected chi connectivity index (χ0v) is 13.1. The summed E-state index contributed by atoms with van der Waals surface area (Å²) in [5.74, 6) is -0.00840. The summed E-state index contributed by atoms with van der Waals surface area (Å²) in [7, 11) is 0. The lowest BCUT2D eigenvalue weighted by atomic mass is 10.1. The minimum absolute atomic E-state index is 0.00840. The lowest BCUT2D eigenvalue weighted by Gasteiger charge is -2.37. The Kier molecular flexibility index (Phi) is 5.25. The fraction of sp³-hybridized carbons (Fsp3) is 0.500. The molecule has 1 unspecified atom stereocenters. The van der Waals surface area contributed by atoms with E-state index >= 15 is 0 Å². The number of nitrogens with one attached hydrogen (secondary N) is 1. The number of hydrogen-bond donors (Lipinski definition) is 2. The minimum atomic E-state index is -0.327. The van der Waals surface area contributed by atoms with Crippen LogP contribution >= 0.6 is 15.9 Å². The third kappa shape index (κ3) is 3.43. The Hall–Kier alpha value is -1.27. The van der Waals surface area contributed by atoms with Gasteiger partial charge < -0.3 is 20.7 Å². The standard InChI is InChI=1S/C14H20BrN3O2/c1-2-5-17-14(19)13-9-20-7-6-18(13)12-8-10(15)3-4-11(12)16/h3-4,8,13H,2,5-7,9,16H2,1H3,(H,17,19). The van der Waals surface area contributed by atoms with E-state index in [0.29, 0.717) is 32.0 Å². The second kappa shape index (κ2) is 6.95. The minimum Gasteiger partial charge on any atom is -0.397 e. The molecule has 1 amide bonds. The van der Waals surface area contributed by atoms with Gasteiger partial charge in [-0.15, -0.1) is 0 Å². The number of ether oxygens (including phenoxy) is 1. The largest absolute Gasteiger partial charge is 0.397 e. The molecule has 0 radical (unpaired) electrons. The van der Waals surface area contributed by atoms with E-state index in [1.807, 2.05) is 30.0 Å². The number of anilines is 2. The first kappa shape index (κ1) is 15.1. The lowest BCUT2D eigenvalue weighted by Crippen LogP contribution is -2.54. The summed E-state index contributed by atoms with van der Waals surface area (Å²) in [4.78, 5) is 14.3. The van der Waals surface area contributed by atoms with Crippen LogP contribution in [-0.2, 0) is 9.53 Å². The molecule has 0 aliphatic carbocycles. The number of rotatable bonds is 4. The number of nitrogens with two attached hydrogens (primary N) is 1. The molecule has 5 nitrogen and oxygen atoms in total. The molecule has 0 bridgehead atoms. The van der Waals surface area contributed by atoms with Gasteiger partial charge in [-0.3, -0.25) is 4.79 Å². The Bertz CT molecular complexity index is 481. The Morgan fingerprint density at radius 3 is 3.15 bits per heavy atom. The molecule has 0 spiro atoms. The van der Waals surface area contributed by atoms with Crippen LogP contribution in [0.1, 0.15) is 13.3 Å². The van der Waals surface area contributed by atoms with Crippen LogP contribution in [0.15, 0.2) is 22.7 Å². The van der Waals surface area contributed by atoms with Gasteiger partial charge in [0, 0.05) is 17.6 Å². The molecule has 0 aromatic heterocycles. The topological polar surface area (TPSA) is 67.6 Å². The average Bonchev–Trinajstić information content (AvgIpc) is 2.47. The normalized spacial score (nSPS) is 18.9. The van der Waals surface area contributed by atoms with Crippen LogP contribution in [0.5, 0.6) is 0 Å². The van der Waals surface area contributed by atoms with Gasteiger partial charge in [-0.25, -0.2) is 0 Å². The fourth-order valence-electron chi connectivity index (χ4n) is 2.24. The number of hydrogen-bond acceptors (Lipinski definition) is 4. The highest BCUT2D eigenvalue weighted by Gasteiger charge is 2.30. The summed E-state index contributed by atoms with van der Waals surface area (Å²) in [6, 6.07) is 5.36. The lowest BCUT2D eigenvalue weighted by molar-refractivity contribution is -0.124. The van der Waals surface area contributed by atoms with Crippen molar-refractivity contribution < 1.29 is 9.53 Å². The molecular weight excluding hydrogens is 322 g/mol. The molecule has 20 heavy (non-hydrogen) atoms. The Labute approximate surface area is 127 Å². The van der Waals surface area contributed by atoms with Crippen molar-refractivity contribution in [3.63, 3.8) is 0 Å². The molecular formula is C14H20BrN3O2. The van der Waals surface area contributed by atoms with Crippen molar-refractivity contribution in [2.45, 2.75) is 19.4 Å². The number of nitrogen functional groups attached to an aromatic ring is 1. The van der Waals surface area contributed by atoms with E-state index in [9.17, 15) is 4.79 Å². The highest BCUT2D eigenvalue weighted by molar-refractivity contribution is 9.10. The zero-order valence-electron chi connectivity index (χ0n) is 11.6. The molecule has 6 heteroatoms. The molecule has 0 saturated carbocycles. The smallest absolute Gasteiger partial charge is 0.245 e. The van der Waals surface area contributed by atoms with Gasteiger partial charge in [0.2, 0.25) is 5.91 Å². The maximum Gasteiger partial charge on any atom is 0.245 e. The number of carbonyl (C=O) groups is 1. The molecule has 1 aliphatic heterocycles. The first-order valence-corrected chi connectivity index (χ1v) is 7.60. The van der Waals surface area contributed by atoms with Crippen molar-refractivity contribution in [1.29, 1.82) is 0 Å². The molecule has 1 aromatic carbocycles. The van der Waals surface area contributed by atoms with Crippen LogP contribution in [0.2, 0.25) is 0 Å². The van der Waals surface area contributed by atoms with Crippen LogP contribution in [-0.4, -0.2) is 38.3 Å². The van der Waals surface area contributed by atoms with Crippen molar-refractivity contribution in [2.75, 3.05) is 36.9 Å². The third-order valence-electron chi connectivity index (χ3n) is 3.28. The van der Waals surface area contributed by atoms with Crippen molar-refractivity contribution in [3.8, 4) is 0 Å². The number of nitrogens with zero attached hydrogens (tertiary/aromatic N) is 1. The number of morpholine rings is 1. The summed E-state index contributed by atoms with van der Waals surface area (Å²) >= 11 is 3.45. The number of carbonyl (C=O) groups excluding carboxylic acids is 1. The van der Waals surface area contributed by atoms with Gasteiger partial charge in [0.1, 0.15) is 6.04 Å². The molecule has 1 aliphatic rings. The maximum absolute atomic E-state index is 12.3. The van der Waals surface area contributed by atoms with Gasteiger partial charge in [-0.05, 0) is 24.6 Å². The van der Waals surface area contributed by atoms with Crippen molar-refractivity contribution in [1.82, 2.24) is 5.32 Å². The first-order valence-electron chi connectivity index (χ1n) is 6.80. The number of benzene rings is 1. The molecule has 2 rings (SSSR count). The van der Waals surface area contributed by atoms with Crippen LogP contribution in [0.4, 0.5) is 11.4 Å². The second-order valence-corrected chi connectivity index (χ2v) is 5.69. The molecule has 3 N–H and O–H groups in total. The van der Waals surface area contributed by atoms with Crippen LogP contribution < -0.4 is 16.0 Å². The highest BCUT2D eigenvalue weighted by Crippen LogP contribution is 2.29. The van der Waals surface area contributed by atoms with Gasteiger partial charge in [0.15, 0.2) is 0 Å². The Morgan fingerprint density at radius 1 is 1.60 bits per heavy atom. The highest BCUT2D eigenvalue weighted by atomic mass is 79.9. The summed E-state index contributed by atoms with van der Waals surface area (Å²) in [6.07, 6.45) is 0.915. The van der Waals surface area contributed by atoms with Crippen molar-refractivity contribution in [2.24, 2.45) is 0 Å². The first-order chi connectivity index (χ1) is 9.63. The quantitative estimate of drug-likeness (QED) is 0.819. The molecule has 1 atom stereocenters. The third-order valence-corrected chi connectivity index (χ3v) is 3.78. The van der Waals surface area contributed by atoms with Gasteiger partial charge in [0.25, 0.3) is 0 Å². The fourth-order valence-corrected chi connectivity index (χ4v) is 2.59. The molecule has 110 valence electrons. The summed E-state index contributed by atoms with van der Waals surface area (Å²) in [5.41, 5.74) is 7.59. The van der Waals surface area contributed by atoms with E-state index in [1.165, 1.54) is 0 Å². The van der Waals surface area contributed by atoms with Gasteiger partial charge in [-0.2, -0.15) is 0 Å². The van der Waals surface area contributed by atoms with E-state index in [1.54, 1.807) is 0 Å². The second-order valence-electron chi connectivity index (χ2n) is 4.78. The number of halogens is 1. The van der Waals surface area contributed by atoms with Crippen LogP contribution in [0.3, 0.4) is 0 Å². The summed E-state index contributed by atoms with van der Waals surface area (Å²) in [6.45, 7) is 4.36. The van der Waals surface area contributed by atoms with Gasteiger partial charge >= 0.3 is 0 Å². The van der Waals surface area contributed by atoms with Crippen molar-refractivity contribution in [3.05, 3.63) is 22.7 Å². The molecule has 1 aromatic rings. The predicted molar refractivity (Wildman–Crippen MR) is 83.8 cm³/mol. The van der Waals surface area contributed by atoms with E-state index < -0.39 is 0 Å².